The maximum atomic E-state index is 5.20. The summed E-state index contributed by atoms with van der Waals surface area (Å²) in [6, 6.07) is 61.0. The molecule has 56 heavy (non-hydrogen) atoms. The zero-order valence-corrected chi connectivity index (χ0v) is 31.4. The highest BCUT2D eigenvalue weighted by molar-refractivity contribution is 7.26. The van der Waals surface area contributed by atoms with E-state index in [9.17, 15) is 0 Å². The van der Waals surface area contributed by atoms with Crippen LogP contribution >= 0.6 is 22.7 Å². The zero-order valence-electron chi connectivity index (χ0n) is 29.8. The lowest BCUT2D eigenvalue weighted by Crippen LogP contribution is -2.00. The summed E-state index contributed by atoms with van der Waals surface area (Å²) in [4.78, 5) is 25.2. The Morgan fingerprint density at radius 1 is 0.321 bits per heavy atom. The van der Waals surface area contributed by atoms with Crippen LogP contribution in [0.5, 0.6) is 0 Å². The van der Waals surface area contributed by atoms with Crippen molar-refractivity contribution in [2.75, 3.05) is 0 Å². The zero-order chi connectivity index (χ0) is 37.0. The average Bonchev–Trinajstić information content (AvgIpc) is 3.85. The Morgan fingerprint density at radius 3 is 1.50 bits per heavy atom. The lowest BCUT2D eigenvalue weighted by atomic mass is 9.97. The Kier molecular flexibility index (Phi) is 7.79. The van der Waals surface area contributed by atoms with Gasteiger partial charge in [-0.3, -0.25) is 0 Å². The van der Waals surface area contributed by atoms with E-state index >= 15 is 0 Å². The second-order valence-electron chi connectivity index (χ2n) is 13.6. The van der Waals surface area contributed by atoms with Crippen molar-refractivity contribution in [3.05, 3.63) is 176 Å². The monoisotopic (exact) mass is 751 g/mol. The minimum atomic E-state index is 0.646. The number of fused-ring (bicyclic) bond motifs is 6. The van der Waals surface area contributed by atoms with Crippen LogP contribution in [0.15, 0.2) is 176 Å². The molecule has 0 saturated heterocycles. The highest BCUT2D eigenvalue weighted by Crippen LogP contribution is 2.43. The number of benzene rings is 7. The third-order valence-electron chi connectivity index (χ3n) is 10.2. The molecule has 11 aromatic rings. The van der Waals surface area contributed by atoms with Gasteiger partial charge in [0.1, 0.15) is 0 Å². The smallest absolute Gasteiger partial charge is 0.164 e. The summed E-state index contributed by atoms with van der Waals surface area (Å²) in [5, 5.41) is 3.56. The Hall–Kier alpha value is -6.93. The summed E-state index contributed by atoms with van der Waals surface area (Å²) in [5.74, 6) is 2.68. The number of nitrogens with zero attached hydrogens (tertiary/aromatic N) is 5. The van der Waals surface area contributed by atoms with E-state index in [1.54, 1.807) is 11.3 Å². The van der Waals surface area contributed by atoms with Gasteiger partial charge in [-0.2, -0.15) is 0 Å². The maximum absolute atomic E-state index is 5.20. The average molecular weight is 752 g/mol. The van der Waals surface area contributed by atoms with Gasteiger partial charge < -0.3 is 0 Å². The van der Waals surface area contributed by atoms with E-state index in [4.69, 9.17) is 24.9 Å². The molecule has 0 amide bonds. The summed E-state index contributed by atoms with van der Waals surface area (Å²) < 4.78 is 4.76. The predicted octanol–water partition coefficient (Wildman–Crippen LogP) is 13.4. The molecular formula is C49H29N5S2. The molecule has 0 bridgehead atoms. The second kappa shape index (κ2) is 13.4. The molecule has 4 aromatic heterocycles. The topological polar surface area (TPSA) is 64.5 Å². The van der Waals surface area contributed by atoms with Crippen LogP contribution in [-0.2, 0) is 0 Å². The van der Waals surface area contributed by atoms with Gasteiger partial charge in [0.05, 0.1) is 15.9 Å². The lowest BCUT2D eigenvalue weighted by Gasteiger charge is -2.10. The first kappa shape index (κ1) is 32.5. The standard InChI is InChI=1S/C49H29N5S2/c1-4-13-32(14-5-1)46-50-43(45-44(51-46)37-19-10-11-21-39(37)56-45)31-25-23-30(24-26-31)36-20-12-22-41-42(36)38-29-35(27-28-40(38)55-41)49-53-47(33-15-6-2-7-16-33)52-48(54-49)34-17-8-3-9-18-34/h1-29H. The quantitative estimate of drug-likeness (QED) is 0.169. The van der Waals surface area contributed by atoms with Crippen LogP contribution in [-0.4, -0.2) is 24.9 Å². The van der Waals surface area contributed by atoms with Crippen LogP contribution < -0.4 is 0 Å². The molecule has 11 rings (SSSR count). The van der Waals surface area contributed by atoms with Gasteiger partial charge in [0, 0.05) is 58.1 Å². The SMILES string of the molecule is c1ccc(-c2nc(-c3ccccc3)nc(-c3ccc4sc5cccc(-c6ccc(-c7nc(-c8ccccc8)nc8c7sc7ccccc78)cc6)c5c4c3)n2)cc1. The molecule has 0 atom stereocenters. The molecule has 0 aliphatic carbocycles. The first-order chi connectivity index (χ1) is 27.7. The Morgan fingerprint density at radius 2 is 0.839 bits per heavy atom. The predicted molar refractivity (Wildman–Crippen MR) is 234 cm³/mol. The van der Waals surface area contributed by atoms with Gasteiger partial charge in [0.15, 0.2) is 23.3 Å². The number of aromatic nitrogens is 5. The Balaban J connectivity index is 1.04. The van der Waals surface area contributed by atoms with Crippen molar-refractivity contribution in [2.45, 2.75) is 0 Å². The minimum absolute atomic E-state index is 0.646. The molecule has 0 aliphatic rings. The van der Waals surface area contributed by atoms with Crippen molar-refractivity contribution in [3.8, 4) is 67.9 Å². The minimum Gasteiger partial charge on any atom is -0.226 e. The van der Waals surface area contributed by atoms with E-state index in [-0.39, 0.29) is 0 Å². The van der Waals surface area contributed by atoms with Gasteiger partial charge in [-0.1, -0.05) is 146 Å². The van der Waals surface area contributed by atoms with Gasteiger partial charge in [-0.05, 0) is 41.5 Å². The van der Waals surface area contributed by atoms with Crippen LogP contribution in [0.2, 0.25) is 0 Å². The van der Waals surface area contributed by atoms with E-state index in [1.807, 2.05) is 90.2 Å². The first-order valence-corrected chi connectivity index (χ1v) is 20.0. The summed E-state index contributed by atoms with van der Waals surface area (Å²) in [6.45, 7) is 0. The molecule has 0 aliphatic heterocycles. The first-order valence-electron chi connectivity index (χ1n) is 18.4. The molecule has 4 heterocycles. The van der Waals surface area contributed by atoms with Crippen LogP contribution in [0.25, 0.3) is 108 Å². The molecule has 0 radical (unpaired) electrons. The van der Waals surface area contributed by atoms with Crippen molar-refractivity contribution < 1.29 is 0 Å². The number of rotatable bonds is 6. The molecule has 0 fully saturated rings. The molecule has 0 spiro atoms. The van der Waals surface area contributed by atoms with Crippen LogP contribution in [0.3, 0.4) is 0 Å². The Labute approximate surface area is 330 Å². The normalized spacial score (nSPS) is 11.6. The third kappa shape index (κ3) is 5.64. The van der Waals surface area contributed by atoms with Crippen LogP contribution in [0, 0.1) is 0 Å². The third-order valence-corrected chi connectivity index (χ3v) is 12.5. The van der Waals surface area contributed by atoms with Crippen molar-refractivity contribution >= 4 is 63.1 Å². The van der Waals surface area contributed by atoms with Crippen molar-refractivity contribution in [1.29, 1.82) is 0 Å². The fraction of sp³-hybridized carbons (Fsp3) is 0. The fourth-order valence-corrected chi connectivity index (χ4v) is 9.72. The largest absolute Gasteiger partial charge is 0.226 e. The van der Waals surface area contributed by atoms with E-state index in [0.29, 0.717) is 17.5 Å². The van der Waals surface area contributed by atoms with Gasteiger partial charge in [0.2, 0.25) is 0 Å². The highest BCUT2D eigenvalue weighted by Gasteiger charge is 2.19. The summed E-state index contributed by atoms with van der Waals surface area (Å²) in [5.41, 5.74) is 9.19. The molecule has 262 valence electrons. The number of hydrogen-bond acceptors (Lipinski definition) is 7. The molecule has 0 saturated carbocycles. The van der Waals surface area contributed by atoms with Gasteiger partial charge in [0.25, 0.3) is 0 Å². The Bertz CT molecular complexity index is 3170. The van der Waals surface area contributed by atoms with Crippen LogP contribution in [0.4, 0.5) is 0 Å². The molecule has 7 heteroatoms. The summed E-state index contributed by atoms with van der Waals surface area (Å²) >= 11 is 3.56. The molecule has 0 unspecified atom stereocenters. The maximum Gasteiger partial charge on any atom is 0.164 e. The summed E-state index contributed by atoms with van der Waals surface area (Å²) in [7, 11) is 0. The van der Waals surface area contributed by atoms with E-state index in [1.165, 1.54) is 30.4 Å². The van der Waals surface area contributed by atoms with Crippen LogP contribution in [0.1, 0.15) is 0 Å². The van der Waals surface area contributed by atoms with Gasteiger partial charge in [-0.25, -0.2) is 24.9 Å². The van der Waals surface area contributed by atoms with Crippen molar-refractivity contribution in [3.63, 3.8) is 0 Å². The van der Waals surface area contributed by atoms with Crippen molar-refractivity contribution in [1.82, 2.24) is 24.9 Å². The van der Waals surface area contributed by atoms with Gasteiger partial charge in [-0.15, -0.1) is 22.7 Å². The van der Waals surface area contributed by atoms with E-state index in [0.717, 1.165) is 60.5 Å². The molecular weight excluding hydrogens is 723 g/mol. The van der Waals surface area contributed by atoms with E-state index < -0.39 is 0 Å². The number of thiophene rings is 2. The summed E-state index contributed by atoms with van der Waals surface area (Å²) in [6.07, 6.45) is 0. The highest BCUT2D eigenvalue weighted by atomic mass is 32.1. The van der Waals surface area contributed by atoms with Gasteiger partial charge >= 0.3 is 0 Å². The molecule has 7 aromatic carbocycles. The fourth-order valence-electron chi connectivity index (χ4n) is 7.45. The van der Waals surface area contributed by atoms with Crippen molar-refractivity contribution in [2.24, 2.45) is 0 Å². The molecule has 0 N–H and O–H groups in total. The second-order valence-corrected chi connectivity index (χ2v) is 15.8. The lowest BCUT2D eigenvalue weighted by molar-refractivity contribution is 1.07. The molecule has 5 nitrogen and oxygen atoms in total. The number of hydrogen-bond donors (Lipinski definition) is 0. The van der Waals surface area contributed by atoms with E-state index in [2.05, 4.69) is 97.1 Å².